The van der Waals surface area contributed by atoms with E-state index < -0.39 is 5.60 Å². The molecule has 4 nitrogen and oxygen atoms in total. The Bertz CT molecular complexity index is 303. The second-order valence-corrected chi connectivity index (χ2v) is 6.34. The van der Waals surface area contributed by atoms with Gasteiger partial charge in [-0.2, -0.15) is 0 Å². The van der Waals surface area contributed by atoms with E-state index >= 15 is 0 Å². The van der Waals surface area contributed by atoms with Crippen LogP contribution in [0.4, 0.5) is 4.79 Å². The standard InChI is InChI=1S/C13H24N2O2/c1-12(2,3)17-11(16)15-9-6-10(14)13(15)7-4-5-8-13/h10H,4-9,14H2,1-3H3/t10-/m0/s1. The molecule has 1 heterocycles. The summed E-state index contributed by atoms with van der Waals surface area (Å²) in [5.74, 6) is 0. The molecule has 1 aliphatic carbocycles. The summed E-state index contributed by atoms with van der Waals surface area (Å²) in [6, 6.07) is 0.123. The normalized spacial score (nSPS) is 27.8. The number of rotatable bonds is 0. The molecular formula is C13H24N2O2. The van der Waals surface area contributed by atoms with Gasteiger partial charge in [0.1, 0.15) is 5.60 Å². The van der Waals surface area contributed by atoms with Crippen LogP contribution in [0.5, 0.6) is 0 Å². The van der Waals surface area contributed by atoms with Crippen LogP contribution in [0.2, 0.25) is 0 Å². The van der Waals surface area contributed by atoms with Crippen LogP contribution < -0.4 is 5.73 Å². The molecule has 17 heavy (non-hydrogen) atoms. The number of carbonyl (C=O) groups is 1. The van der Waals surface area contributed by atoms with Gasteiger partial charge in [-0.1, -0.05) is 12.8 Å². The fourth-order valence-corrected chi connectivity index (χ4v) is 3.18. The van der Waals surface area contributed by atoms with Crippen LogP contribution >= 0.6 is 0 Å². The average Bonchev–Trinajstić information content (AvgIpc) is 2.75. The van der Waals surface area contributed by atoms with Crippen molar-refractivity contribution in [3.8, 4) is 0 Å². The first-order valence-electron chi connectivity index (χ1n) is 6.61. The van der Waals surface area contributed by atoms with Gasteiger partial charge in [-0.25, -0.2) is 4.79 Å². The molecule has 2 fully saturated rings. The molecule has 2 aliphatic rings. The van der Waals surface area contributed by atoms with Crippen LogP contribution in [-0.4, -0.2) is 34.7 Å². The number of nitrogens with two attached hydrogens (primary N) is 1. The molecule has 0 bridgehead atoms. The topological polar surface area (TPSA) is 55.6 Å². The Labute approximate surface area is 103 Å². The van der Waals surface area contributed by atoms with Crippen LogP contribution in [0, 0.1) is 0 Å². The third-order valence-electron chi connectivity index (χ3n) is 3.97. The van der Waals surface area contributed by atoms with Crippen LogP contribution in [-0.2, 0) is 4.74 Å². The molecular weight excluding hydrogens is 216 g/mol. The quantitative estimate of drug-likeness (QED) is 0.706. The van der Waals surface area contributed by atoms with E-state index in [1.807, 2.05) is 25.7 Å². The van der Waals surface area contributed by atoms with Gasteiger partial charge in [0, 0.05) is 12.6 Å². The van der Waals surface area contributed by atoms with E-state index in [0.717, 1.165) is 25.8 Å². The molecule has 98 valence electrons. The molecule has 1 atom stereocenters. The Morgan fingerprint density at radius 3 is 2.47 bits per heavy atom. The van der Waals surface area contributed by atoms with E-state index in [1.54, 1.807) is 0 Å². The van der Waals surface area contributed by atoms with Gasteiger partial charge in [0.15, 0.2) is 0 Å². The van der Waals surface area contributed by atoms with Gasteiger partial charge in [0.25, 0.3) is 0 Å². The summed E-state index contributed by atoms with van der Waals surface area (Å²) in [5, 5.41) is 0. The first-order valence-corrected chi connectivity index (χ1v) is 6.61. The highest BCUT2D eigenvalue weighted by atomic mass is 16.6. The number of carbonyl (C=O) groups excluding carboxylic acids is 1. The summed E-state index contributed by atoms with van der Waals surface area (Å²) >= 11 is 0. The molecule has 1 saturated heterocycles. The lowest BCUT2D eigenvalue weighted by Crippen LogP contribution is -2.54. The molecule has 1 saturated carbocycles. The van der Waals surface area contributed by atoms with Crippen molar-refractivity contribution >= 4 is 6.09 Å². The Morgan fingerprint density at radius 1 is 1.35 bits per heavy atom. The molecule has 1 aliphatic heterocycles. The minimum absolute atomic E-state index is 0.109. The van der Waals surface area contributed by atoms with Crippen molar-refractivity contribution in [1.29, 1.82) is 0 Å². The van der Waals surface area contributed by atoms with Crippen molar-refractivity contribution in [2.45, 2.75) is 70.1 Å². The average molecular weight is 240 g/mol. The summed E-state index contributed by atoms with van der Waals surface area (Å²) in [6.45, 7) is 6.46. The lowest BCUT2D eigenvalue weighted by Gasteiger charge is -2.38. The first kappa shape index (κ1) is 12.7. The third-order valence-corrected chi connectivity index (χ3v) is 3.97. The molecule has 2 N–H and O–H groups in total. The van der Waals surface area contributed by atoms with E-state index in [4.69, 9.17) is 10.5 Å². The number of hydrogen-bond acceptors (Lipinski definition) is 3. The first-order chi connectivity index (χ1) is 7.85. The van der Waals surface area contributed by atoms with Gasteiger partial charge in [0.2, 0.25) is 0 Å². The van der Waals surface area contributed by atoms with Crippen molar-refractivity contribution in [3.63, 3.8) is 0 Å². The zero-order valence-electron chi connectivity index (χ0n) is 11.2. The molecule has 0 radical (unpaired) electrons. The largest absolute Gasteiger partial charge is 0.444 e. The highest BCUT2D eigenvalue weighted by Gasteiger charge is 2.51. The molecule has 0 aromatic rings. The molecule has 0 aromatic heterocycles. The van der Waals surface area contributed by atoms with Gasteiger partial charge >= 0.3 is 6.09 Å². The Hall–Kier alpha value is -0.770. The lowest BCUT2D eigenvalue weighted by atomic mass is 9.90. The van der Waals surface area contributed by atoms with Gasteiger partial charge in [-0.05, 0) is 40.0 Å². The zero-order chi connectivity index (χ0) is 12.7. The van der Waals surface area contributed by atoms with Crippen molar-refractivity contribution in [3.05, 3.63) is 0 Å². The molecule has 0 aromatic carbocycles. The van der Waals surface area contributed by atoms with E-state index in [1.165, 1.54) is 12.8 Å². The Kier molecular flexibility index (Phi) is 3.10. The van der Waals surface area contributed by atoms with Crippen molar-refractivity contribution in [1.82, 2.24) is 4.90 Å². The van der Waals surface area contributed by atoms with Crippen LogP contribution in [0.1, 0.15) is 52.9 Å². The van der Waals surface area contributed by atoms with E-state index in [-0.39, 0.29) is 17.7 Å². The zero-order valence-corrected chi connectivity index (χ0v) is 11.2. The van der Waals surface area contributed by atoms with Crippen LogP contribution in [0.15, 0.2) is 0 Å². The summed E-state index contributed by atoms with van der Waals surface area (Å²) in [7, 11) is 0. The maximum absolute atomic E-state index is 12.2. The Morgan fingerprint density at radius 2 is 1.94 bits per heavy atom. The molecule has 1 spiro atoms. The number of ether oxygens (including phenoxy) is 1. The van der Waals surface area contributed by atoms with Crippen molar-refractivity contribution in [2.24, 2.45) is 5.73 Å². The smallest absolute Gasteiger partial charge is 0.410 e. The monoisotopic (exact) mass is 240 g/mol. The minimum atomic E-state index is -0.427. The molecule has 0 unspecified atom stereocenters. The fraction of sp³-hybridized carbons (Fsp3) is 0.923. The molecule has 4 heteroatoms. The van der Waals surface area contributed by atoms with Crippen LogP contribution in [0.3, 0.4) is 0 Å². The summed E-state index contributed by atoms with van der Waals surface area (Å²) in [6.07, 6.45) is 5.13. The number of nitrogens with zero attached hydrogens (tertiary/aromatic N) is 1. The maximum atomic E-state index is 12.2. The molecule has 2 rings (SSSR count). The Balaban J connectivity index is 2.12. The second kappa shape index (κ2) is 4.16. The van der Waals surface area contributed by atoms with Gasteiger partial charge in [-0.15, -0.1) is 0 Å². The van der Waals surface area contributed by atoms with Gasteiger partial charge in [-0.3, -0.25) is 0 Å². The number of hydrogen-bond donors (Lipinski definition) is 1. The highest BCUT2D eigenvalue weighted by Crippen LogP contribution is 2.42. The van der Waals surface area contributed by atoms with Crippen LogP contribution in [0.25, 0.3) is 0 Å². The summed E-state index contributed by atoms with van der Waals surface area (Å²) in [4.78, 5) is 14.1. The molecule has 1 amide bonds. The van der Waals surface area contributed by atoms with Gasteiger partial charge < -0.3 is 15.4 Å². The summed E-state index contributed by atoms with van der Waals surface area (Å²) < 4.78 is 5.49. The van der Waals surface area contributed by atoms with Crippen molar-refractivity contribution < 1.29 is 9.53 Å². The van der Waals surface area contributed by atoms with E-state index in [9.17, 15) is 4.79 Å². The predicted molar refractivity (Wildman–Crippen MR) is 66.7 cm³/mol. The third kappa shape index (κ3) is 2.28. The van der Waals surface area contributed by atoms with E-state index in [0.29, 0.717) is 0 Å². The highest BCUT2D eigenvalue weighted by molar-refractivity contribution is 5.70. The number of likely N-dealkylation sites (tertiary alicyclic amines) is 1. The SMILES string of the molecule is CC(C)(C)OC(=O)N1CC[C@H](N)C12CCCC2. The van der Waals surface area contributed by atoms with Crippen molar-refractivity contribution in [2.75, 3.05) is 6.54 Å². The predicted octanol–water partition coefficient (Wildman–Crippen LogP) is 2.27. The maximum Gasteiger partial charge on any atom is 0.410 e. The minimum Gasteiger partial charge on any atom is -0.444 e. The summed E-state index contributed by atoms with van der Waals surface area (Å²) in [5.41, 5.74) is 5.68. The fourth-order valence-electron chi connectivity index (χ4n) is 3.18. The second-order valence-electron chi connectivity index (χ2n) is 6.34. The van der Waals surface area contributed by atoms with Gasteiger partial charge in [0.05, 0.1) is 5.54 Å². The lowest BCUT2D eigenvalue weighted by molar-refractivity contribution is 0.00702. The van der Waals surface area contributed by atoms with E-state index in [2.05, 4.69) is 0 Å². The number of amides is 1.